The summed E-state index contributed by atoms with van der Waals surface area (Å²) in [5.74, 6) is -1.05. The second kappa shape index (κ2) is 10.00. The summed E-state index contributed by atoms with van der Waals surface area (Å²) >= 11 is 6.05. The van der Waals surface area contributed by atoms with Crippen LogP contribution in [0.1, 0.15) is 22.8 Å². The van der Waals surface area contributed by atoms with E-state index in [0.717, 1.165) is 5.56 Å². The fourth-order valence-corrected chi connectivity index (χ4v) is 2.41. The van der Waals surface area contributed by atoms with Gasteiger partial charge in [-0.2, -0.15) is 5.26 Å². The van der Waals surface area contributed by atoms with Crippen molar-refractivity contribution in [2.45, 2.75) is 13.5 Å². The van der Waals surface area contributed by atoms with Crippen LogP contribution in [-0.4, -0.2) is 18.5 Å². The van der Waals surface area contributed by atoms with Gasteiger partial charge in [0.15, 0.2) is 0 Å². The normalized spacial score (nSPS) is 10.6. The van der Waals surface area contributed by atoms with Crippen molar-refractivity contribution in [1.29, 1.82) is 5.26 Å². The molecule has 0 fully saturated rings. The summed E-state index contributed by atoms with van der Waals surface area (Å²) in [4.78, 5) is 24.2. The first-order chi connectivity index (χ1) is 13.1. The van der Waals surface area contributed by atoms with E-state index in [4.69, 9.17) is 16.3 Å². The average Bonchev–Trinajstić information content (AvgIpc) is 2.68. The maximum atomic E-state index is 12.2. The summed E-state index contributed by atoms with van der Waals surface area (Å²) in [6, 6.07) is 15.6. The van der Waals surface area contributed by atoms with Crippen LogP contribution in [0, 0.1) is 11.3 Å². The summed E-state index contributed by atoms with van der Waals surface area (Å²) in [6.45, 7) is 2.15. The Morgan fingerprint density at radius 1 is 1.19 bits per heavy atom. The first-order valence-electron chi connectivity index (χ1n) is 8.21. The highest BCUT2D eigenvalue weighted by Gasteiger charge is 2.13. The van der Waals surface area contributed by atoms with E-state index in [2.05, 4.69) is 10.6 Å². The largest absolute Gasteiger partial charge is 0.462 e. The van der Waals surface area contributed by atoms with Crippen LogP contribution in [0.4, 0.5) is 5.69 Å². The maximum Gasteiger partial charge on any atom is 0.340 e. The van der Waals surface area contributed by atoms with Crippen LogP contribution in [0.5, 0.6) is 0 Å². The van der Waals surface area contributed by atoms with Crippen LogP contribution >= 0.6 is 11.6 Å². The van der Waals surface area contributed by atoms with Crippen LogP contribution in [-0.2, 0) is 16.1 Å². The number of halogens is 1. The highest BCUT2D eigenvalue weighted by Crippen LogP contribution is 2.17. The lowest BCUT2D eigenvalue weighted by Gasteiger charge is -2.09. The molecular weight excluding hydrogens is 366 g/mol. The molecule has 2 aromatic rings. The number of nitriles is 1. The van der Waals surface area contributed by atoms with Gasteiger partial charge in [-0.3, -0.25) is 4.79 Å². The van der Waals surface area contributed by atoms with Gasteiger partial charge in [0.2, 0.25) is 0 Å². The Morgan fingerprint density at radius 2 is 1.89 bits per heavy atom. The van der Waals surface area contributed by atoms with Crippen LogP contribution in [0.25, 0.3) is 0 Å². The molecule has 7 heteroatoms. The molecule has 1 amide bonds. The smallest absolute Gasteiger partial charge is 0.340 e. The zero-order chi connectivity index (χ0) is 19.6. The van der Waals surface area contributed by atoms with Gasteiger partial charge in [-0.25, -0.2) is 4.79 Å². The standard InChI is InChI=1S/C20H18ClN3O3/c1-2-27-20(26)16-8-4-6-10-18(16)23-13-15(11-22)19(25)24-12-14-7-3-5-9-17(14)21/h3-10,13,23H,2,12H2,1H3,(H,24,25)/b15-13-. The number of nitrogens with one attached hydrogen (secondary N) is 2. The molecule has 0 heterocycles. The monoisotopic (exact) mass is 383 g/mol. The molecule has 0 radical (unpaired) electrons. The summed E-state index contributed by atoms with van der Waals surface area (Å²) in [6.07, 6.45) is 1.25. The minimum absolute atomic E-state index is 0.138. The van der Waals surface area contributed by atoms with Gasteiger partial charge in [-0.15, -0.1) is 0 Å². The third-order valence-electron chi connectivity index (χ3n) is 3.56. The minimum Gasteiger partial charge on any atom is -0.462 e. The predicted molar refractivity (Wildman–Crippen MR) is 103 cm³/mol. The molecule has 27 heavy (non-hydrogen) atoms. The van der Waals surface area contributed by atoms with Crippen molar-refractivity contribution in [3.8, 4) is 6.07 Å². The number of benzene rings is 2. The molecule has 0 unspecified atom stereocenters. The summed E-state index contributed by atoms with van der Waals surface area (Å²) < 4.78 is 4.99. The van der Waals surface area contributed by atoms with Gasteiger partial charge in [0, 0.05) is 17.8 Å². The van der Waals surface area contributed by atoms with Crippen LogP contribution in [0.2, 0.25) is 5.02 Å². The molecule has 0 aliphatic rings. The number of esters is 1. The Bertz CT molecular complexity index is 903. The zero-order valence-electron chi connectivity index (χ0n) is 14.7. The van der Waals surface area contributed by atoms with E-state index in [1.54, 1.807) is 49.4 Å². The number of amides is 1. The van der Waals surface area contributed by atoms with Crippen molar-refractivity contribution >= 4 is 29.2 Å². The molecule has 0 aliphatic heterocycles. The third-order valence-corrected chi connectivity index (χ3v) is 3.93. The van der Waals surface area contributed by atoms with Gasteiger partial charge >= 0.3 is 5.97 Å². The quantitative estimate of drug-likeness (QED) is 0.432. The van der Waals surface area contributed by atoms with E-state index in [9.17, 15) is 14.9 Å². The first-order valence-corrected chi connectivity index (χ1v) is 8.59. The van der Waals surface area contributed by atoms with Gasteiger partial charge < -0.3 is 15.4 Å². The lowest BCUT2D eigenvalue weighted by atomic mass is 10.1. The molecule has 0 saturated heterocycles. The Kier molecular flexibility index (Phi) is 7.41. The SMILES string of the molecule is CCOC(=O)c1ccccc1N/C=C(/C#N)C(=O)NCc1ccccc1Cl. The molecular formula is C20H18ClN3O3. The van der Waals surface area contributed by atoms with E-state index in [1.165, 1.54) is 6.20 Å². The van der Waals surface area contributed by atoms with Crippen molar-refractivity contribution < 1.29 is 14.3 Å². The second-order valence-electron chi connectivity index (χ2n) is 5.35. The molecule has 0 atom stereocenters. The molecule has 138 valence electrons. The number of carbonyl (C=O) groups excluding carboxylic acids is 2. The molecule has 0 aromatic heterocycles. The summed E-state index contributed by atoms with van der Waals surface area (Å²) in [5.41, 5.74) is 1.35. The van der Waals surface area contributed by atoms with Crippen molar-refractivity contribution in [2.24, 2.45) is 0 Å². The Labute approximate surface area is 162 Å². The third kappa shape index (κ3) is 5.59. The molecule has 6 nitrogen and oxygen atoms in total. The Morgan fingerprint density at radius 3 is 2.59 bits per heavy atom. The van der Waals surface area contributed by atoms with Crippen molar-refractivity contribution in [2.75, 3.05) is 11.9 Å². The van der Waals surface area contributed by atoms with Gasteiger partial charge in [0.1, 0.15) is 11.6 Å². The first kappa shape index (κ1) is 20.0. The molecule has 2 rings (SSSR count). The molecule has 2 N–H and O–H groups in total. The van der Waals surface area contributed by atoms with Crippen molar-refractivity contribution in [1.82, 2.24) is 5.32 Å². The lowest BCUT2D eigenvalue weighted by molar-refractivity contribution is -0.117. The van der Waals surface area contributed by atoms with Gasteiger partial charge in [-0.1, -0.05) is 41.9 Å². The maximum absolute atomic E-state index is 12.2. The molecule has 0 bridgehead atoms. The van der Waals surface area contributed by atoms with Gasteiger partial charge in [0.05, 0.1) is 17.9 Å². The zero-order valence-corrected chi connectivity index (χ0v) is 15.4. The van der Waals surface area contributed by atoms with Crippen molar-refractivity contribution in [3.05, 3.63) is 76.5 Å². The molecule has 0 aliphatic carbocycles. The molecule has 0 spiro atoms. The number of carbonyl (C=O) groups is 2. The molecule has 0 saturated carbocycles. The highest BCUT2D eigenvalue weighted by atomic mass is 35.5. The molecule has 2 aromatic carbocycles. The summed E-state index contributed by atoms with van der Waals surface area (Å²) in [7, 11) is 0. The number of nitrogens with zero attached hydrogens (tertiary/aromatic N) is 1. The predicted octanol–water partition coefficient (Wildman–Crippen LogP) is 3.65. The minimum atomic E-state index is -0.557. The number of hydrogen-bond acceptors (Lipinski definition) is 5. The number of anilines is 1. The van der Waals surface area contributed by atoms with E-state index in [1.807, 2.05) is 12.1 Å². The highest BCUT2D eigenvalue weighted by molar-refractivity contribution is 6.31. The number of rotatable bonds is 7. The van der Waals surface area contributed by atoms with E-state index in [-0.39, 0.29) is 18.7 Å². The number of hydrogen-bond donors (Lipinski definition) is 2. The number of ether oxygens (including phenoxy) is 1. The topological polar surface area (TPSA) is 91.2 Å². The average molecular weight is 384 g/mol. The second-order valence-corrected chi connectivity index (χ2v) is 5.76. The van der Waals surface area contributed by atoms with Gasteiger partial charge in [-0.05, 0) is 30.7 Å². The summed E-state index contributed by atoms with van der Waals surface area (Å²) in [5, 5.41) is 15.2. The van der Waals surface area contributed by atoms with E-state index in [0.29, 0.717) is 16.3 Å². The van der Waals surface area contributed by atoms with Crippen LogP contribution < -0.4 is 10.6 Å². The van der Waals surface area contributed by atoms with E-state index < -0.39 is 11.9 Å². The lowest BCUT2D eigenvalue weighted by Crippen LogP contribution is -2.24. The van der Waals surface area contributed by atoms with Crippen LogP contribution in [0.15, 0.2) is 60.3 Å². The fourth-order valence-electron chi connectivity index (χ4n) is 2.21. The van der Waals surface area contributed by atoms with E-state index >= 15 is 0 Å². The fraction of sp³-hybridized carbons (Fsp3) is 0.150. The van der Waals surface area contributed by atoms with Crippen LogP contribution in [0.3, 0.4) is 0 Å². The Hall–Kier alpha value is -3.30. The number of para-hydroxylation sites is 1. The Balaban J connectivity index is 2.08. The van der Waals surface area contributed by atoms with Crippen molar-refractivity contribution in [3.63, 3.8) is 0 Å². The van der Waals surface area contributed by atoms with Gasteiger partial charge in [0.25, 0.3) is 5.91 Å².